The van der Waals surface area contributed by atoms with Gasteiger partial charge in [-0.1, -0.05) is 153 Å². The van der Waals surface area contributed by atoms with Gasteiger partial charge in [0.05, 0.1) is 47.1 Å². The van der Waals surface area contributed by atoms with Crippen LogP contribution in [0.25, 0.3) is 84.5 Å². The molecule has 0 atom stereocenters. The summed E-state index contributed by atoms with van der Waals surface area (Å²) >= 11 is 0. The quantitative estimate of drug-likeness (QED) is 0.0523. The molecule has 598 valence electrons. The summed E-state index contributed by atoms with van der Waals surface area (Å²) in [4.78, 5) is 34.8. The third kappa shape index (κ3) is 19.6. The van der Waals surface area contributed by atoms with Crippen LogP contribution in [0.3, 0.4) is 0 Å². The molecule has 0 aliphatic heterocycles. The van der Waals surface area contributed by atoms with Crippen LogP contribution >= 0.6 is 0 Å². The van der Waals surface area contributed by atoms with Gasteiger partial charge in [0.2, 0.25) is 5.91 Å². The molecule has 5 aromatic carbocycles. The van der Waals surface area contributed by atoms with E-state index in [0.717, 1.165) is 143 Å². The molecule has 15 aromatic rings. The fourth-order valence-electron chi connectivity index (χ4n) is 14.0. The largest absolute Gasteiger partial charge is 0.497 e. The molecule has 0 saturated heterocycles. The zero-order valence-electron chi connectivity index (χ0n) is 67.1. The Balaban J connectivity index is 0.000000115. The minimum absolute atomic E-state index is 0.240. The van der Waals surface area contributed by atoms with Crippen molar-refractivity contribution in [2.75, 3.05) is 20.5 Å². The number of sulfone groups is 1. The molecule has 0 unspecified atom stereocenters. The summed E-state index contributed by atoms with van der Waals surface area (Å²) in [6.45, 7) is 25.7. The van der Waals surface area contributed by atoms with Crippen molar-refractivity contribution in [1.82, 2.24) is 73.0 Å². The molecule has 4 saturated carbocycles. The zero-order chi connectivity index (χ0) is 82.3. The summed E-state index contributed by atoms with van der Waals surface area (Å²) in [6, 6.07) is 66.5. The Labute approximate surface area is 685 Å². The standard InChI is InChI=1S/C20H21N3O.C19H18N4O.C19H19N3O2S.C19H21N3O.C18H16FN3/c1-14(16-10-11-16)12-19-21-20-5-3-4-18(23(20)22-19)17-8-6-15(7-9-17)13-24-2;1-12(13-8-9-13)10-17-21-18-7-3-6-16(23(18)22-17)14-4-2-5-15(11-14)19(20)24;1-13(14-6-7-14)12-18-20-19-5-3-4-17(22(19)21-18)15-8-10-16(11-9-15)25(2,23)24;1-13(2)14(3)12-18-20-19-7-5-6-17(22(19)21-18)15-8-10-16(23-4)11-9-15;1-12(13-5-6-13)11-17-20-18-4-2-3-16(22(18)21-17)14-7-9-15(19)10-8-14/h3-9,16H,1,10-13H2,2H3;2-7,11,13H,1,8-10H2,(H2,20,24);3-5,8-11,14H,1,6-7,12H2,2H3;5-11,13H,3,12H2,1-2,4H3;2-4,7-10,13H,1,5-6,11H2. The topological polar surface area (TPSA) is 247 Å². The van der Waals surface area contributed by atoms with E-state index in [2.05, 4.69) is 122 Å². The second kappa shape index (κ2) is 35.2. The number of aromatic nitrogens is 15. The third-order valence-electron chi connectivity index (χ3n) is 21.5. The predicted molar refractivity (Wildman–Crippen MR) is 461 cm³/mol. The molecular weight excluding hydrogens is 1500 g/mol. The van der Waals surface area contributed by atoms with E-state index in [1.165, 1.54) is 92.0 Å². The highest BCUT2D eigenvalue weighted by atomic mass is 32.2. The van der Waals surface area contributed by atoms with E-state index in [1.54, 1.807) is 62.8 Å². The molecule has 0 bridgehead atoms. The van der Waals surface area contributed by atoms with Gasteiger partial charge in [0.25, 0.3) is 0 Å². The number of rotatable bonds is 25. The zero-order valence-corrected chi connectivity index (χ0v) is 68.0. The number of carbonyl (C=O) groups is 1. The number of pyridine rings is 5. The van der Waals surface area contributed by atoms with Gasteiger partial charge in [-0.25, -0.2) is 60.3 Å². The maximum Gasteiger partial charge on any atom is 0.248 e. The molecule has 4 aliphatic carbocycles. The van der Waals surface area contributed by atoms with Crippen LogP contribution in [-0.4, -0.2) is 108 Å². The lowest BCUT2D eigenvalue weighted by molar-refractivity contribution is 0.1000. The van der Waals surface area contributed by atoms with Crippen LogP contribution in [0.2, 0.25) is 0 Å². The van der Waals surface area contributed by atoms with E-state index >= 15 is 0 Å². The SMILES string of the molecule is C=C(Cc1nc2cccc(-c3ccc(COC)cc3)n2n1)C1CC1.C=C(Cc1nc2cccc(-c3ccc(F)cc3)n2n1)C1CC1.C=C(Cc1nc2cccc(-c3ccc(OC)cc3)n2n1)C(C)C.C=C(Cc1nc2cccc(-c3ccc(S(C)(=O)=O)cc3)n2n1)C1CC1.C=C(Cc1nc2cccc(-c3cccc(C(N)=O)c3)n2n1)C1CC1. The molecule has 0 radical (unpaired) electrons. The number of allylic oxidation sites excluding steroid dienone is 5. The summed E-state index contributed by atoms with van der Waals surface area (Å²) in [6.07, 6.45) is 14.8. The van der Waals surface area contributed by atoms with Gasteiger partial charge in [-0.15, -0.1) is 0 Å². The molecule has 4 fully saturated rings. The van der Waals surface area contributed by atoms with Crippen LogP contribution in [0.5, 0.6) is 5.75 Å². The van der Waals surface area contributed by atoms with E-state index in [9.17, 15) is 17.6 Å². The van der Waals surface area contributed by atoms with Crippen LogP contribution in [-0.2, 0) is 53.3 Å². The number of hydrogen-bond donors (Lipinski definition) is 1. The molecule has 4 aliphatic rings. The molecule has 1 amide bonds. The molecule has 2 N–H and O–H groups in total. The first-order valence-electron chi connectivity index (χ1n) is 39.9. The van der Waals surface area contributed by atoms with Gasteiger partial charge >= 0.3 is 0 Å². The summed E-state index contributed by atoms with van der Waals surface area (Å²) in [5, 5.41) is 23.3. The Bertz CT molecular complexity index is 6360. The van der Waals surface area contributed by atoms with Gasteiger partial charge in [-0.3, -0.25) is 4.79 Å². The Morgan fingerprint density at radius 1 is 0.424 bits per heavy atom. The Morgan fingerprint density at radius 2 is 0.729 bits per heavy atom. The number of nitrogens with zero attached hydrogens (tertiary/aromatic N) is 15. The molecule has 21 nitrogen and oxygen atoms in total. The van der Waals surface area contributed by atoms with E-state index < -0.39 is 15.7 Å². The fourth-order valence-corrected chi connectivity index (χ4v) is 14.6. The number of benzene rings is 5. The first-order chi connectivity index (χ1) is 57.1. The highest BCUT2D eigenvalue weighted by molar-refractivity contribution is 7.90. The first-order valence-corrected chi connectivity index (χ1v) is 41.8. The van der Waals surface area contributed by atoms with E-state index in [1.807, 2.05) is 144 Å². The number of hydrogen-bond acceptors (Lipinski definition) is 15. The average molecular weight is 1590 g/mol. The molecular formula is C95H95FN16O5S. The molecule has 23 heteroatoms. The Kier molecular flexibility index (Phi) is 23.9. The smallest absolute Gasteiger partial charge is 0.248 e. The first kappa shape index (κ1) is 80.2. The summed E-state index contributed by atoms with van der Waals surface area (Å²) in [5.74, 6) is 7.23. The summed E-state index contributed by atoms with van der Waals surface area (Å²) < 4.78 is 56.0. The van der Waals surface area contributed by atoms with Crippen molar-refractivity contribution in [3.05, 3.63) is 319 Å². The second-order valence-corrected chi connectivity index (χ2v) is 33.1. The second-order valence-electron chi connectivity index (χ2n) is 31.1. The van der Waals surface area contributed by atoms with Crippen molar-refractivity contribution in [3.63, 3.8) is 0 Å². The third-order valence-corrected chi connectivity index (χ3v) is 22.6. The highest BCUT2D eigenvalue weighted by Gasteiger charge is 2.29. The van der Waals surface area contributed by atoms with Crippen LogP contribution in [0, 0.1) is 35.4 Å². The lowest BCUT2D eigenvalue weighted by Gasteiger charge is -2.06. The predicted octanol–water partition coefficient (Wildman–Crippen LogP) is 18.6. The minimum atomic E-state index is -3.20. The number of ether oxygens (including phenoxy) is 2. The van der Waals surface area contributed by atoms with E-state index in [4.69, 9.17) is 20.3 Å². The van der Waals surface area contributed by atoms with Crippen molar-refractivity contribution in [2.45, 2.75) is 109 Å². The lowest BCUT2D eigenvalue weighted by Crippen LogP contribution is -2.10. The molecule has 0 spiro atoms. The van der Waals surface area contributed by atoms with Crippen LogP contribution in [0.15, 0.2) is 278 Å². The number of fused-ring (bicyclic) bond motifs is 5. The van der Waals surface area contributed by atoms with Crippen LogP contribution < -0.4 is 10.5 Å². The molecule has 10 heterocycles. The van der Waals surface area contributed by atoms with Gasteiger partial charge < -0.3 is 15.2 Å². The fraction of sp³-hybridized carbons (Fsp3) is 0.253. The van der Waals surface area contributed by atoms with E-state index in [-0.39, 0.29) is 5.82 Å². The highest BCUT2D eigenvalue weighted by Crippen LogP contribution is 2.40. The van der Waals surface area contributed by atoms with Crippen LogP contribution in [0.4, 0.5) is 4.39 Å². The maximum atomic E-state index is 13.1. The number of primary amides is 1. The molecule has 19 rings (SSSR count). The Morgan fingerprint density at radius 3 is 1.03 bits per heavy atom. The van der Waals surface area contributed by atoms with Gasteiger partial charge in [-0.2, -0.15) is 25.5 Å². The van der Waals surface area contributed by atoms with E-state index in [0.29, 0.717) is 65.9 Å². The summed E-state index contributed by atoms with van der Waals surface area (Å²) in [7, 11) is 0.177. The van der Waals surface area contributed by atoms with Crippen molar-refractivity contribution < 1.29 is 27.1 Å². The van der Waals surface area contributed by atoms with Gasteiger partial charge in [0.1, 0.15) is 11.6 Å². The van der Waals surface area contributed by atoms with Gasteiger partial charge in [-0.05, 0) is 220 Å². The number of amides is 1. The van der Waals surface area contributed by atoms with Crippen molar-refractivity contribution in [3.8, 4) is 62.0 Å². The Hall–Kier alpha value is -13.0. The number of carbonyl (C=O) groups excluding carboxylic acids is 1. The number of nitrogens with two attached hydrogens (primary N) is 1. The maximum absolute atomic E-state index is 13.1. The number of methoxy groups -OCH3 is 2. The average Bonchev–Trinajstić information content (AvgIpc) is 1.74. The number of halogens is 1. The van der Waals surface area contributed by atoms with Crippen molar-refractivity contribution >= 4 is 44.0 Å². The van der Waals surface area contributed by atoms with Crippen LogP contribution in [0.1, 0.15) is 110 Å². The van der Waals surface area contributed by atoms with Gasteiger partial charge in [0, 0.05) is 78.9 Å². The van der Waals surface area contributed by atoms with Gasteiger partial charge in [0.15, 0.2) is 67.2 Å². The minimum Gasteiger partial charge on any atom is -0.497 e. The van der Waals surface area contributed by atoms with Crippen molar-refractivity contribution in [1.29, 1.82) is 0 Å². The molecule has 118 heavy (non-hydrogen) atoms. The lowest BCUT2D eigenvalue weighted by atomic mass is 10.0. The monoisotopic (exact) mass is 1590 g/mol. The molecule has 10 aromatic heterocycles. The van der Waals surface area contributed by atoms with Crippen molar-refractivity contribution in [2.24, 2.45) is 35.3 Å². The summed E-state index contributed by atoms with van der Waals surface area (Å²) in [5.41, 5.74) is 26.8. The normalized spacial score (nSPS) is 13.7.